The van der Waals surface area contributed by atoms with E-state index in [1.165, 1.54) is 0 Å². The first kappa shape index (κ1) is 10.8. The average molecular weight is 218 g/mol. The number of hydrogen-bond donors (Lipinski definition) is 1. The third-order valence-corrected chi connectivity index (χ3v) is 2.29. The molecule has 5 heteroatoms. The SMILES string of the molecule is CC(C)c1nc([C@@H](N)c2ccncc2)no1. The molecule has 2 heterocycles. The number of nitrogens with zero attached hydrogens (tertiary/aromatic N) is 3. The molecule has 0 aliphatic heterocycles. The molecule has 0 bridgehead atoms. The normalized spacial score (nSPS) is 13.0. The topological polar surface area (TPSA) is 77.8 Å². The molecule has 0 saturated heterocycles. The highest BCUT2D eigenvalue weighted by Crippen LogP contribution is 2.18. The van der Waals surface area contributed by atoms with Crippen LogP contribution in [0.2, 0.25) is 0 Å². The second-order valence-electron chi connectivity index (χ2n) is 3.90. The molecule has 0 amide bonds. The first-order chi connectivity index (χ1) is 7.68. The summed E-state index contributed by atoms with van der Waals surface area (Å²) in [4.78, 5) is 8.20. The van der Waals surface area contributed by atoms with Crippen molar-refractivity contribution in [3.05, 3.63) is 41.8 Å². The van der Waals surface area contributed by atoms with Crippen LogP contribution in [-0.4, -0.2) is 15.1 Å². The summed E-state index contributed by atoms with van der Waals surface area (Å²) in [6.07, 6.45) is 3.39. The van der Waals surface area contributed by atoms with Crippen LogP contribution in [-0.2, 0) is 0 Å². The van der Waals surface area contributed by atoms with Gasteiger partial charge in [-0.1, -0.05) is 19.0 Å². The van der Waals surface area contributed by atoms with Crippen molar-refractivity contribution in [2.24, 2.45) is 5.73 Å². The zero-order valence-electron chi connectivity index (χ0n) is 9.29. The van der Waals surface area contributed by atoms with Crippen LogP contribution >= 0.6 is 0 Å². The highest BCUT2D eigenvalue weighted by atomic mass is 16.5. The van der Waals surface area contributed by atoms with Crippen molar-refractivity contribution >= 4 is 0 Å². The van der Waals surface area contributed by atoms with Crippen molar-refractivity contribution in [3.8, 4) is 0 Å². The molecule has 0 aliphatic rings. The van der Waals surface area contributed by atoms with Crippen molar-refractivity contribution in [3.63, 3.8) is 0 Å². The highest BCUT2D eigenvalue weighted by molar-refractivity contribution is 5.20. The van der Waals surface area contributed by atoms with E-state index in [0.717, 1.165) is 5.56 Å². The molecular formula is C11H14N4O. The Labute approximate surface area is 93.7 Å². The molecule has 16 heavy (non-hydrogen) atoms. The maximum atomic E-state index is 6.02. The van der Waals surface area contributed by atoms with Gasteiger partial charge in [0.1, 0.15) is 0 Å². The molecule has 0 aliphatic carbocycles. The van der Waals surface area contributed by atoms with E-state index in [1.54, 1.807) is 12.4 Å². The number of aromatic nitrogens is 3. The summed E-state index contributed by atoms with van der Waals surface area (Å²) < 4.78 is 5.11. The molecule has 1 atom stereocenters. The van der Waals surface area contributed by atoms with Gasteiger partial charge in [0.15, 0.2) is 5.82 Å². The minimum atomic E-state index is -0.362. The smallest absolute Gasteiger partial charge is 0.229 e. The minimum Gasteiger partial charge on any atom is -0.339 e. The van der Waals surface area contributed by atoms with Gasteiger partial charge in [0.25, 0.3) is 0 Å². The van der Waals surface area contributed by atoms with E-state index in [4.69, 9.17) is 10.3 Å². The van der Waals surface area contributed by atoms with Gasteiger partial charge in [-0.25, -0.2) is 0 Å². The standard InChI is InChI=1S/C11H14N4O/c1-7(2)11-14-10(15-16-11)9(12)8-3-5-13-6-4-8/h3-7,9H,12H2,1-2H3/t9-/m0/s1. The fourth-order valence-corrected chi connectivity index (χ4v) is 1.33. The van der Waals surface area contributed by atoms with Crippen molar-refractivity contribution in [1.82, 2.24) is 15.1 Å². The molecule has 0 unspecified atom stereocenters. The predicted octanol–water partition coefficient (Wildman–Crippen LogP) is 1.64. The zero-order valence-corrected chi connectivity index (χ0v) is 9.29. The van der Waals surface area contributed by atoms with E-state index in [2.05, 4.69) is 15.1 Å². The molecule has 2 N–H and O–H groups in total. The Balaban J connectivity index is 2.24. The minimum absolute atomic E-state index is 0.214. The van der Waals surface area contributed by atoms with Gasteiger partial charge in [-0.05, 0) is 17.7 Å². The van der Waals surface area contributed by atoms with Crippen molar-refractivity contribution in [1.29, 1.82) is 0 Å². The van der Waals surface area contributed by atoms with Gasteiger partial charge in [-0.15, -0.1) is 0 Å². The molecule has 2 aromatic heterocycles. The van der Waals surface area contributed by atoms with Crippen LogP contribution < -0.4 is 5.73 Å². The number of rotatable bonds is 3. The summed E-state index contributed by atoms with van der Waals surface area (Å²) in [5.41, 5.74) is 6.94. The largest absolute Gasteiger partial charge is 0.339 e. The molecule has 0 radical (unpaired) electrons. The van der Waals surface area contributed by atoms with E-state index in [9.17, 15) is 0 Å². The lowest BCUT2D eigenvalue weighted by Crippen LogP contribution is -2.13. The summed E-state index contributed by atoms with van der Waals surface area (Å²) in [6, 6.07) is 3.32. The van der Waals surface area contributed by atoms with Gasteiger partial charge in [-0.2, -0.15) is 4.98 Å². The second kappa shape index (κ2) is 4.40. The van der Waals surface area contributed by atoms with Crippen LogP contribution in [0.4, 0.5) is 0 Å². The highest BCUT2D eigenvalue weighted by Gasteiger charge is 2.17. The summed E-state index contributed by atoms with van der Waals surface area (Å²) >= 11 is 0. The Morgan fingerprint density at radius 2 is 1.94 bits per heavy atom. The Morgan fingerprint density at radius 1 is 1.25 bits per heavy atom. The van der Waals surface area contributed by atoms with E-state index in [1.807, 2.05) is 26.0 Å². The molecule has 0 spiro atoms. The Morgan fingerprint density at radius 3 is 2.50 bits per heavy atom. The first-order valence-electron chi connectivity index (χ1n) is 5.17. The molecular weight excluding hydrogens is 204 g/mol. The van der Waals surface area contributed by atoms with Crippen LogP contribution in [0.25, 0.3) is 0 Å². The van der Waals surface area contributed by atoms with E-state index in [-0.39, 0.29) is 12.0 Å². The van der Waals surface area contributed by atoms with Gasteiger partial charge in [0.2, 0.25) is 5.89 Å². The summed E-state index contributed by atoms with van der Waals surface area (Å²) in [7, 11) is 0. The molecule has 5 nitrogen and oxygen atoms in total. The second-order valence-corrected chi connectivity index (χ2v) is 3.90. The van der Waals surface area contributed by atoms with Crippen LogP contribution in [0.3, 0.4) is 0 Å². The Hall–Kier alpha value is -1.75. The van der Waals surface area contributed by atoms with E-state index < -0.39 is 0 Å². The number of pyridine rings is 1. The fourth-order valence-electron chi connectivity index (χ4n) is 1.33. The van der Waals surface area contributed by atoms with Crippen LogP contribution in [0.1, 0.15) is 43.1 Å². The fraction of sp³-hybridized carbons (Fsp3) is 0.364. The van der Waals surface area contributed by atoms with Crippen molar-refractivity contribution in [2.45, 2.75) is 25.8 Å². The van der Waals surface area contributed by atoms with Crippen molar-refractivity contribution in [2.75, 3.05) is 0 Å². The summed E-state index contributed by atoms with van der Waals surface area (Å²) in [5.74, 6) is 1.33. The summed E-state index contributed by atoms with van der Waals surface area (Å²) in [5, 5.41) is 3.88. The summed E-state index contributed by atoms with van der Waals surface area (Å²) in [6.45, 7) is 3.99. The lowest BCUT2D eigenvalue weighted by molar-refractivity contribution is 0.359. The van der Waals surface area contributed by atoms with Gasteiger partial charge in [-0.3, -0.25) is 4.98 Å². The Bertz CT molecular complexity index is 452. The third-order valence-electron chi connectivity index (χ3n) is 2.29. The molecule has 0 saturated carbocycles. The quantitative estimate of drug-likeness (QED) is 0.847. The molecule has 0 fully saturated rings. The van der Waals surface area contributed by atoms with Crippen LogP contribution in [0.15, 0.2) is 29.0 Å². The van der Waals surface area contributed by atoms with Crippen LogP contribution in [0.5, 0.6) is 0 Å². The first-order valence-corrected chi connectivity index (χ1v) is 5.17. The molecule has 84 valence electrons. The molecule has 2 rings (SSSR count). The van der Waals surface area contributed by atoms with E-state index in [0.29, 0.717) is 11.7 Å². The van der Waals surface area contributed by atoms with Crippen LogP contribution in [0, 0.1) is 0 Å². The van der Waals surface area contributed by atoms with Gasteiger partial charge in [0.05, 0.1) is 6.04 Å². The predicted molar refractivity (Wildman–Crippen MR) is 58.7 cm³/mol. The van der Waals surface area contributed by atoms with Gasteiger partial charge >= 0.3 is 0 Å². The van der Waals surface area contributed by atoms with E-state index >= 15 is 0 Å². The maximum absolute atomic E-state index is 6.02. The van der Waals surface area contributed by atoms with Gasteiger partial charge in [0, 0.05) is 18.3 Å². The lowest BCUT2D eigenvalue weighted by atomic mass is 10.1. The number of nitrogens with two attached hydrogens (primary N) is 1. The maximum Gasteiger partial charge on any atom is 0.229 e. The molecule has 0 aromatic carbocycles. The third kappa shape index (κ3) is 2.09. The molecule has 2 aromatic rings. The lowest BCUT2D eigenvalue weighted by Gasteiger charge is -2.05. The zero-order chi connectivity index (χ0) is 11.5. The average Bonchev–Trinajstić information content (AvgIpc) is 2.78. The Kier molecular flexibility index (Phi) is 2.96. The monoisotopic (exact) mass is 218 g/mol. The van der Waals surface area contributed by atoms with Gasteiger partial charge < -0.3 is 10.3 Å². The van der Waals surface area contributed by atoms with Crippen molar-refractivity contribution < 1.29 is 4.52 Å². The number of hydrogen-bond acceptors (Lipinski definition) is 5.